The van der Waals surface area contributed by atoms with E-state index in [1.54, 1.807) is 0 Å². The SMILES string of the molecule is CC1(C)c2ccccc2N(c2c(N(c3ccccc3)c3ccc4c(c3)C3(c5ccccc5-c5ccccc53)c3ccccc3-4)ccc3ccccc23)c2ccc(-c3ccc4ccccc4c3)cc21. The maximum Gasteiger partial charge on any atom is 0.0781 e. The van der Waals surface area contributed by atoms with Crippen molar-refractivity contribution < 1.29 is 0 Å². The number of anilines is 6. The summed E-state index contributed by atoms with van der Waals surface area (Å²) in [5, 5.41) is 4.88. The maximum atomic E-state index is 2.57. The molecule has 1 spiro atoms. The topological polar surface area (TPSA) is 6.48 Å². The summed E-state index contributed by atoms with van der Waals surface area (Å²) in [6.45, 7) is 4.79. The zero-order valence-electron chi connectivity index (χ0n) is 38.0. The summed E-state index contributed by atoms with van der Waals surface area (Å²) in [4.78, 5) is 5.08. The third-order valence-electron chi connectivity index (χ3n) is 15.4. The van der Waals surface area contributed by atoms with Crippen molar-refractivity contribution in [2.24, 2.45) is 0 Å². The number of para-hydroxylation sites is 2. The average Bonchev–Trinajstić information content (AvgIpc) is 3.86. The van der Waals surface area contributed by atoms with E-state index in [2.05, 4.69) is 266 Å². The highest BCUT2D eigenvalue weighted by atomic mass is 15.2. The molecule has 0 unspecified atom stereocenters. The molecule has 68 heavy (non-hydrogen) atoms. The summed E-state index contributed by atoms with van der Waals surface area (Å²) in [6.07, 6.45) is 0. The zero-order chi connectivity index (χ0) is 45.1. The number of hydrogen-bond acceptors (Lipinski definition) is 2. The summed E-state index contributed by atoms with van der Waals surface area (Å²) in [6, 6.07) is 90.8. The summed E-state index contributed by atoms with van der Waals surface area (Å²) < 4.78 is 0. The molecule has 14 rings (SSSR count). The minimum absolute atomic E-state index is 0.281. The normalized spacial score (nSPS) is 14.2. The fourth-order valence-electron chi connectivity index (χ4n) is 12.4. The van der Waals surface area contributed by atoms with Crippen LogP contribution in [0.1, 0.15) is 47.2 Å². The molecule has 0 fully saturated rings. The molecule has 0 saturated heterocycles. The van der Waals surface area contributed by atoms with Crippen LogP contribution >= 0.6 is 0 Å². The standard InChI is InChI=1S/C66H46N2/c1-65(2)58-30-16-17-31-61(58)68(62-38-35-47(41-60(62)65)46-33-32-43-18-6-7-20-45(43)40-46)64-50-23-9-8-19-44(50)34-39-63(64)67(48-21-4-3-5-22-48)49-36-37-54-53-26-12-15-29-57(53)66(59(54)42-49)55-27-13-10-24-51(55)52-25-11-14-28-56(52)66/h3-42H,1-2H3. The van der Waals surface area contributed by atoms with Gasteiger partial charge in [-0.05, 0) is 138 Å². The molecular formula is C66H46N2. The molecule has 3 aliphatic rings. The Morgan fingerprint density at radius 3 is 1.59 bits per heavy atom. The van der Waals surface area contributed by atoms with Crippen molar-refractivity contribution in [1.82, 2.24) is 0 Å². The Labute approximate surface area is 397 Å². The Hall–Kier alpha value is -8.46. The first kappa shape index (κ1) is 38.8. The van der Waals surface area contributed by atoms with E-state index in [1.165, 1.54) is 99.7 Å². The van der Waals surface area contributed by atoms with Gasteiger partial charge in [0.25, 0.3) is 0 Å². The van der Waals surface area contributed by atoms with Crippen molar-refractivity contribution in [3.63, 3.8) is 0 Å². The van der Waals surface area contributed by atoms with Crippen LogP contribution in [0.4, 0.5) is 34.1 Å². The summed E-state index contributed by atoms with van der Waals surface area (Å²) in [7, 11) is 0. The van der Waals surface area contributed by atoms with Crippen molar-refractivity contribution in [2.75, 3.05) is 9.80 Å². The van der Waals surface area contributed by atoms with Crippen molar-refractivity contribution in [1.29, 1.82) is 0 Å². The van der Waals surface area contributed by atoms with Gasteiger partial charge in [-0.2, -0.15) is 0 Å². The van der Waals surface area contributed by atoms with E-state index in [0.717, 1.165) is 22.7 Å². The molecule has 2 heteroatoms. The van der Waals surface area contributed by atoms with Crippen molar-refractivity contribution in [3.8, 4) is 33.4 Å². The fourth-order valence-corrected chi connectivity index (χ4v) is 12.4. The molecule has 1 aliphatic heterocycles. The molecule has 2 nitrogen and oxygen atoms in total. The largest absolute Gasteiger partial charge is 0.308 e. The Morgan fingerprint density at radius 2 is 0.868 bits per heavy atom. The van der Waals surface area contributed by atoms with Gasteiger partial charge in [0.05, 0.1) is 28.2 Å². The van der Waals surface area contributed by atoms with Crippen LogP contribution in [-0.4, -0.2) is 0 Å². The highest BCUT2D eigenvalue weighted by Crippen LogP contribution is 2.64. The van der Waals surface area contributed by atoms with Crippen LogP contribution in [-0.2, 0) is 10.8 Å². The quantitative estimate of drug-likeness (QED) is 0.170. The van der Waals surface area contributed by atoms with E-state index in [1.807, 2.05) is 0 Å². The third kappa shape index (κ3) is 5.34. The zero-order valence-corrected chi connectivity index (χ0v) is 38.0. The lowest BCUT2D eigenvalue weighted by atomic mass is 9.70. The van der Waals surface area contributed by atoms with Crippen LogP contribution in [0.2, 0.25) is 0 Å². The summed E-state index contributed by atoms with van der Waals surface area (Å²) >= 11 is 0. The number of benzene rings is 11. The lowest BCUT2D eigenvalue weighted by Crippen LogP contribution is -2.31. The van der Waals surface area contributed by atoms with Crippen LogP contribution in [0.25, 0.3) is 54.9 Å². The molecule has 1 heterocycles. The molecule has 0 saturated carbocycles. The van der Waals surface area contributed by atoms with E-state index in [0.29, 0.717) is 0 Å². The second kappa shape index (κ2) is 14.5. The lowest BCUT2D eigenvalue weighted by molar-refractivity contribution is 0.632. The Morgan fingerprint density at radius 1 is 0.338 bits per heavy atom. The first-order valence-corrected chi connectivity index (χ1v) is 23.8. The molecule has 320 valence electrons. The van der Waals surface area contributed by atoms with Gasteiger partial charge in [-0.3, -0.25) is 0 Å². The van der Waals surface area contributed by atoms with Crippen molar-refractivity contribution in [2.45, 2.75) is 24.7 Å². The highest BCUT2D eigenvalue weighted by Gasteiger charge is 2.52. The monoisotopic (exact) mass is 866 g/mol. The summed E-state index contributed by atoms with van der Waals surface area (Å²) in [5.74, 6) is 0. The Bertz CT molecular complexity index is 3800. The molecule has 2 aliphatic carbocycles. The maximum absolute atomic E-state index is 2.57. The first-order valence-electron chi connectivity index (χ1n) is 23.8. The highest BCUT2D eigenvalue weighted by molar-refractivity contribution is 6.09. The van der Waals surface area contributed by atoms with Gasteiger partial charge in [0.2, 0.25) is 0 Å². The van der Waals surface area contributed by atoms with Gasteiger partial charge >= 0.3 is 0 Å². The molecule has 0 aromatic heterocycles. The summed E-state index contributed by atoms with van der Waals surface area (Å²) in [5.41, 5.74) is 21.6. The van der Waals surface area contributed by atoms with E-state index in [9.17, 15) is 0 Å². The van der Waals surface area contributed by atoms with Gasteiger partial charge < -0.3 is 9.80 Å². The van der Waals surface area contributed by atoms with Crippen LogP contribution < -0.4 is 9.80 Å². The average molecular weight is 867 g/mol. The number of nitrogens with zero attached hydrogens (tertiary/aromatic N) is 2. The first-order chi connectivity index (χ1) is 33.5. The van der Waals surface area contributed by atoms with Gasteiger partial charge in [0.1, 0.15) is 0 Å². The van der Waals surface area contributed by atoms with E-state index < -0.39 is 5.41 Å². The predicted octanol–water partition coefficient (Wildman–Crippen LogP) is 17.6. The van der Waals surface area contributed by atoms with Gasteiger partial charge in [0, 0.05) is 22.2 Å². The van der Waals surface area contributed by atoms with Crippen LogP contribution in [0.5, 0.6) is 0 Å². The molecule has 11 aromatic carbocycles. The number of rotatable bonds is 5. The number of fused-ring (bicyclic) bond motifs is 14. The molecule has 0 N–H and O–H groups in total. The van der Waals surface area contributed by atoms with Gasteiger partial charge in [-0.1, -0.05) is 202 Å². The Balaban J connectivity index is 1.03. The van der Waals surface area contributed by atoms with E-state index in [-0.39, 0.29) is 5.41 Å². The molecule has 0 atom stereocenters. The van der Waals surface area contributed by atoms with Gasteiger partial charge in [-0.15, -0.1) is 0 Å². The molecule has 11 aromatic rings. The third-order valence-corrected chi connectivity index (χ3v) is 15.4. The van der Waals surface area contributed by atoms with Crippen LogP contribution in [0, 0.1) is 0 Å². The second-order valence-corrected chi connectivity index (χ2v) is 19.2. The van der Waals surface area contributed by atoms with Gasteiger partial charge in [-0.25, -0.2) is 0 Å². The molecular weight excluding hydrogens is 821 g/mol. The molecule has 0 amide bonds. The van der Waals surface area contributed by atoms with E-state index in [4.69, 9.17) is 0 Å². The van der Waals surface area contributed by atoms with Crippen molar-refractivity contribution >= 4 is 55.7 Å². The van der Waals surface area contributed by atoms with E-state index >= 15 is 0 Å². The fraction of sp³-hybridized carbons (Fsp3) is 0.0606. The molecule has 0 radical (unpaired) electrons. The van der Waals surface area contributed by atoms with Crippen LogP contribution in [0.3, 0.4) is 0 Å². The molecule has 0 bridgehead atoms. The van der Waals surface area contributed by atoms with Crippen LogP contribution in [0.15, 0.2) is 243 Å². The van der Waals surface area contributed by atoms with Gasteiger partial charge in [0.15, 0.2) is 0 Å². The second-order valence-electron chi connectivity index (χ2n) is 19.2. The number of hydrogen-bond donors (Lipinski definition) is 0. The smallest absolute Gasteiger partial charge is 0.0781 e. The minimum atomic E-state index is -0.469. The lowest BCUT2D eigenvalue weighted by Gasteiger charge is -2.44. The Kier molecular flexibility index (Phi) is 8.28. The van der Waals surface area contributed by atoms with Crippen molar-refractivity contribution in [3.05, 3.63) is 276 Å². The minimum Gasteiger partial charge on any atom is -0.308 e. The predicted molar refractivity (Wildman–Crippen MR) is 285 cm³/mol.